The van der Waals surface area contributed by atoms with Gasteiger partial charge in [-0.25, -0.2) is 9.36 Å². The average molecular weight is 433 g/mol. The first-order valence-electron chi connectivity index (χ1n) is 9.57. The summed E-state index contributed by atoms with van der Waals surface area (Å²) < 4.78 is 8.29. The van der Waals surface area contributed by atoms with Crippen molar-refractivity contribution in [3.63, 3.8) is 0 Å². The number of anilines is 1. The highest BCUT2D eigenvalue weighted by molar-refractivity contribution is 6.03. The van der Waals surface area contributed by atoms with Crippen LogP contribution < -0.4 is 10.1 Å². The number of methoxy groups -OCH3 is 1. The van der Waals surface area contributed by atoms with E-state index in [9.17, 15) is 14.9 Å². The molecule has 0 atom stereocenters. The van der Waals surface area contributed by atoms with Gasteiger partial charge in [0.15, 0.2) is 5.69 Å². The van der Waals surface area contributed by atoms with Gasteiger partial charge < -0.3 is 10.1 Å². The van der Waals surface area contributed by atoms with E-state index in [1.54, 1.807) is 49.9 Å². The van der Waals surface area contributed by atoms with E-state index >= 15 is 0 Å². The van der Waals surface area contributed by atoms with Crippen LogP contribution in [0.5, 0.6) is 5.75 Å². The molecule has 1 N–H and O–H groups in total. The maximum Gasteiger partial charge on any atom is 0.279 e. The summed E-state index contributed by atoms with van der Waals surface area (Å²) in [5.74, 6) is 0.599. The van der Waals surface area contributed by atoms with Gasteiger partial charge in [0.25, 0.3) is 11.6 Å². The minimum absolute atomic E-state index is 0.0343. The van der Waals surface area contributed by atoms with Crippen LogP contribution in [0.2, 0.25) is 0 Å². The minimum Gasteiger partial charge on any atom is -0.497 e. The van der Waals surface area contributed by atoms with Crippen molar-refractivity contribution in [3.8, 4) is 17.1 Å². The third-order valence-electron chi connectivity index (χ3n) is 4.79. The number of nitro benzene ring substituents is 1. The van der Waals surface area contributed by atoms with Crippen molar-refractivity contribution in [2.45, 2.75) is 13.8 Å². The van der Waals surface area contributed by atoms with Crippen LogP contribution in [0.25, 0.3) is 11.4 Å². The maximum atomic E-state index is 13.0. The van der Waals surface area contributed by atoms with E-state index < -0.39 is 10.8 Å². The number of aryl methyl sites for hydroxylation is 1. The second-order valence-corrected chi connectivity index (χ2v) is 6.95. The largest absolute Gasteiger partial charge is 0.497 e. The molecule has 0 fully saturated rings. The summed E-state index contributed by atoms with van der Waals surface area (Å²) in [5, 5.41) is 26.2. The van der Waals surface area contributed by atoms with Gasteiger partial charge >= 0.3 is 0 Å². The number of non-ortho nitro benzene ring substituents is 1. The molecule has 32 heavy (non-hydrogen) atoms. The second-order valence-electron chi connectivity index (χ2n) is 6.95. The summed E-state index contributed by atoms with van der Waals surface area (Å²) in [5.41, 5.74) is 2.61. The van der Waals surface area contributed by atoms with Gasteiger partial charge in [-0.15, -0.1) is 5.10 Å². The number of carbonyl (C=O) groups is 1. The monoisotopic (exact) mass is 433 g/mol. The Hall–Kier alpha value is -4.54. The van der Waals surface area contributed by atoms with Crippen molar-refractivity contribution in [2.75, 3.05) is 12.4 Å². The summed E-state index contributed by atoms with van der Waals surface area (Å²) in [6.45, 7) is 3.52. The van der Waals surface area contributed by atoms with Gasteiger partial charge in [0.1, 0.15) is 11.6 Å². The number of benzene rings is 2. The molecule has 0 aliphatic heterocycles. The van der Waals surface area contributed by atoms with Crippen molar-refractivity contribution < 1.29 is 14.5 Å². The summed E-state index contributed by atoms with van der Waals surface area (Å²) in [6.07, 6.45) is 0. The molecule has 2 heterocycles. The molecule has 0 saturated carbocycles. The number of nitro groups is 1. The van der Waals surface area contributed by atoms with Gasteiger partial charge in [0.05, 0.1) is 34.8 Å². The molecule has 0 saturated heterocycles. The number of ether oxygens (including phenoxy) is 1. The lowest BCUT2D eigenvalue weighted by Gasteiger charge is -2.09. The van der Waals surface area contributed by atoms with Gasteiger partial charge in [0, 0.05) is 24.3 Å². The first-order valence-corrected chi connectivity index (χ1v) is 9.57. The van der Waals surface area contributed by atoms with Crippen LogP contribution in [0.15, 0.2) is 54.6 Å². The molecule has 0 unspecified atom stereocenters. The standard InChI is InChI=1S/C21H19N7O4/c1-13-11-19(27(24-13)15-7-9-16(10-8-15)28(30)31)22-21(29)20-14(2)26(25-23-20)17-5-4-6-18(12-17)32-3/h4-12H,1-3H3,(H,22,29). The Morgan fingerprint density at radius 1 is 1.06 bits per heavy atom. The lowest BCUT2D eigenvalue weighted by molar-refractivity contribution is -0.384. The molecule has 0 aliphatic carbocycles. The number of amides is 1. The Labute approximate surface area is 182 Å². The molecule has 2 aromatic carbocycles. The van der Waals surface area contributed by atoms with Crippen LogP contribution in [0.1, 0.15) is 21.9 Å². The Bertz CT molecular complexity index is 1310. The highest BCUT2D eigenvalue weighted by atomic mass is 16.6. The predicted octanol–water partition coefficient (Wildman–Crippen LogP) is 3.24. The highest BCUT2D eigenvalue weighted by Gasteiger charge is 2.20. The van der Waals surface area contributed by atoms with Crippen LogP contribution in [0, 0.1) is 24.0 Å². The molecule has 0 aliphatic rings. The zero-order valence-corrected chi connectivity index (χ0v) is 17.5. The number of aromatic nitrogens is 5. The van der Waals surface area contributed by atoms with E-state index in [1.807, 2.05) is 18.2 Å². The number of hydrogen-bond acceptors (Lipinski definition) is 7. The van der Waals surface area contributed by atoms with E-state index in [0.29, 0.717) is 34.3 Å². The molecule has 11 heteroatoms. The van der Waals surface area contributed by atoms with E-state index in [1.165, 1.54) is 16.8 Å². The fourth-order valence-electron chi connectivity index (χ4n) is 3.20. The van der Waals surface area contributed by atoms with Crippen LogP contribution in [-0.2, 0) is 0 Å². The minimum atomic E-state index is -0.477. The predicted molar refractivity (Wildman–Crippen MR) is 116 cm³/mol. The Balaban J connectivity index is 1.61. The van der Waals surface area contributed by atoms with E-state index in [4.69, 9.17) is 4.74 Å². The first-order chi connectivity index (χ1) is 15.4. The van der Waals surface area contributed by atoms with Gasteiger partial charge in [-0.2, -0.15) is 5.10 Å². The van der Waals surface area contributed by atoms with Gasteiger partial charge in [-0.05, 0) is 38.1 Å². The van der Waals surface area contributed by atoms with Gasteiger partial charge in [-0.3, -0.25) is 14.9 Å². The van der Waals surface area contributed by atoms with Crippen molar-refractivity contribution >= 4 is 17.4 Å². The van der Waals surface area contributed by atoms with Crippen LogP contribution in [-0.4, -0.2) is 42.7 Å². The number of carbonyl (C=O) groups excluding carboxylic acids is 1. The van der Waals surface area contributed by atoms with Crippen LogP contribution >= 0.6 is 0 Å². The zero-order chi connectivity index (χ0) is 22.8. The second kappa shape index (κ2) is 8.30. The molecule has 0 radical (unpaired) electrons. The summed E-state index contributed by atoms with van der Waals surface area (Å²) in [4.78, 5) is 23.4. The molecule has 2 aromatic heterocycles. The maximum absolute atomic E-state index is 13.0. The molecule has 4 aromatic rings. The molecule has 0 spiro atoms. The van der Waals surface area contributed by atoms with Gasteiger partial charge in [-0.1, -0.05) is 11.3 Å². The van der Waals surface area contributed by atoms with Crippen molar-refractivity contribution in [1.82, 2.24) is 24.8 Å². The fourth-order valence-corrected chi connectivity index (χ4v) is 3.20. The van der Waals surface area contributed by atoms with E-state index in [0.717, 1.165) is 0 Å². The Kier molecular flexibility index (Phi) is 5.37. The summed E-state index contributed by atoms with van der Waals surface area (Å²) in [7, 11) is 1.57. The van der Waals surface area contributed by atoms with Crippen molar-refractivity contribution in [3.05, 3.63) is 81.8 Å². The molecular weight excluding hydrogens is 414 g/mol. The van der Waals surface area contributed by atoms with Crippen LogP contribution in [0.4, 0.5) is 11.5 Å². The molecule has 162 valence electrons. The first kappa shape index (κ1) is 20.7. The number of hydrogen-bond donors (Lipinski definition) is 1. The quantitative estimate of drug-likeness (QED) is 0.365. The zero-order valence-electron chi connectivity index (χ0n) is 17.5. The smallest absolute Gasteiger partial charge is 0.279 e. The van der Waals surface area contributed by atoms with Gasteiger partial charge in [0.2, 0.25) is 0 Å². The van der Waals surface area contributed by atoms with Crippen LogP contribution in [0.3, 0.4) is 0 Å². The highest BCUT2D eigenvalue weighted by Crippen LogP contribution is 2.22. The molecular formula is C21H19N7O4. The van der Waals surface area contributed by atoms with E-state index in [2.05, 4.69) is 20.7 Å². The average Bonchev–Trinajstić information content (AvgIpc) is 3.35. The lowest BCUT2D eigenvalue weighted by atomic mass is 10.2. The third-order valence-corrected chi connectivity index (χ3v) is 4.79. The molecule has 4 rings (SSSR count). The summed E-state index contributed by atoms with van der Waals surface area (Å²) in [6, 6.07) is 14.8. The fraction of sp³-hybridized carbons (Fsp3) is 0.143. The molecule has 0 bridgehead atoms. The van der Waals surface area contributed by atoms with E-state index in [-0.39, 0.29) is 11.4 Å². The Morgan fingerprint density at radius 3 is 2.50 bits per heavy atom. The SMILES string of the molecule is COc1cccc(-n2nnc(C(=O)Nc3cc(C)nn3-c3ccc([N+](=O)[O-])cc3)c2C)c1. The molecule has 11 nitrogen and oxygen atoms in total. The Morgan fingerprint density at radius 2 is 1.81 bits per heavy atom. The summed E-state index contributed by atoms with van der Waals surface area (Å²) >= 11 is 0. The lowest BCUT2D eigenvalue weighted by Crippen LogP contribution is -2.17. The number of nitrogens with one attached hydrogen (secondary N) is 1. The molecule has 1 amide bonds. The number of nitrogens with zero attached hydrogens (tertiary/aromatic N) is 6. The normalized spacial score (nSPS) is 10.7. The van der Waals surface area contributed by atoms with Crippen molar-refractivity contribution in [1.29, 1.82) is 0 Å². The van der Waals surface area contributed by atoms with Crippen molar-refractivity contribution in [2.24, 2.45) is 0 Å². The third kappa shape index (κ3) is 3.90. The number of rotatable bonds is 6. The topological polar surface area (TPSA) is 130 Å².